The first-order chi connectivity index (χ1) is 9.52. The van der Waals surface area contributed by atoms with Crippen molar-refractivity contribution in [3.05, 3.63) is 39.9 Å². The van der Waals surface area contributed by atoms with Gasteiger partial charge in [-0.25, -0.2) is 0 Å². The van der Waals surface area contributed by atoms with Crippen molar-refractivity contribution in [2.75, 3.05) is 13.2 Å². The van der Waals surface area contributed by atoms with Gasteiger partial charge in [-0.2, -0.15) is 0 Å². The predicted octanol–water partition coefficient (Wildman–Crippen LogP) is -0.117. The normalized spacial score (nSPS) is 27.4. The summed E-state index contributed by atoms with van der Waals surface area (Å²) in [5, 5.41) is 39.4. The molecule has 7 heteroatoms. The number of hydrogen-bond donors (Lipinski definition) is 3. The Labute approximate surface area is 116 Å². The number of aliphatic hydroxyl groups excluding tert-OH is 3. The minimum Gasteiger partial charge on any atom is -0.395 e. The number of piperidine rings is 1. The highest BCUT2D eigenvalue weighted by atomic mass is 16.6. The minimum atomic E-state index is -0.980. The summed E-state index contributed by atoms with van der Waals surface area (Å²) >= 11 is 0. The van der Waals surface area contributed by atoms with E-state index in [9.17, 15) is 25.4 Å². The topological polar surface area (TPSA) is 107 Å². The van der Waals surface area contributed by atoms with Crippen LogP contribution in [0.1, 0.15) is 12.0 Å². The Morgan fingerprint density at radius 3 is 2.50 bits per heavy atom. The number of non-ortho nitro benzene ring substituents is 1. The SMILES string of the molecule is O=[N+]([O-])c1ccc(CN2CC[C@@H](O)[C@H](O)[C@H]2CO)cc1. The number of nitro benzene ring substituents is 1. The monoisotopic (exact) mass is 282 g/mol. The van der Waals surface area contributed by atoms with Crippen molar-refractivity contribution in [1.29, 1.82) is 0 Å². The lowest BCUT2D eigenvalue weighted by Crippen LogP contribution is -2.55. The molecule has 0 amide bonds. The average molecular weight is 282 g/mol. The summed E-state index contributed by atoms with van der Waals surface area (Å²) in [4.78, 5) is 12.0. The molecule has 1 heterocycles. The highest BCUT2D eigenvalue weighted by Crippen LogP contribution is 2.21. The third kappa shape index (κ3) is 3.13. The standard InChI is InChI=1S/C13H18N2O5/c16-8-11-13(18)12(17)5-6-14(11)7-9-1-3-10(4-2-9)15(19)20/h1-4,11-13,16-18H,5-8H2/t11-,12-,13-/m1/s1. The van der Waals surface area contributed by atoms with Crippen LogP contribution in [-0.4, -0.2) is 56.5 Å². The Morgan fingerprint density at radius 2 is 1.95 bits per heavy atom. The number of rotatable bonds is 4. The van der Waals surface area contributed by atoms with Crippen LogP contribution in [0.3, 0.4) is 0 Å². The fourth-order valence-electron chi connectivity index (χ4n) is 2.48. The van der Waals surface area contributed by atoms with Crippen molar-refractivity contribution in [3.63, 3.8) is 0 Å². The van der Waals surface area contributed by atoms with Crippen molar-refractivity contribution in [2.45, 2.75) is 31.2 Å². The minimum absolute atomic E-state index is 0.0292. The summed E-state index contributed by atoms with van der Waals surface area (Å²) in [5.41, 5.74) is 0.888. The highest BCUT2D eigenvalue weighted by Gasteiger charge is 2.35. The molecule has 3 N–H and O–H groups in total. The number of likely N-dealkylation sites (tertiary alicyclic amines) is 1. The molecule has 0 spiro atoms. The van der Waals surface area contributed by atoms with Crippen LogP contribution in [0.25, 0.3) is 0 Å². The van der Waals surface area contributed by atoms with E-state index in [4.69, 9.17) is 0 Å². The largest absolute Gasteiger partial charge is 0.395 e. The first kappa shape index (κ1) is 14.9. The van der Waals surface area contributed by atoms with Gasteiger partial charge in [-0.15, -0.1) is 0 Å². The van der Waals surface area contributed by atoms with Gasteiger partial charge in [-0.05, 0) is 12.0 Å². The van der Waals surface area contributed by atoms with Crippen LogP contribution in [0.4, 0.5) is 5.69 Å². The van der Waals surface area contributed by atoms with Gasteiger partial charge in [0.15, 0.2) is 0 Å². The van der Waals surface area contributed by atoms with Crippen LogP contribution in [0, 0.1) is 10.1 Å². The fourth-order valence-corrected chi connectivity index (χ4v) is 2.48. The van der Waals surface area contributed by atoms with E-state index in [-0.39, 0.29) is 12.3 Å². The van der Waals surface area contributed by atoms with Crippen LogP contribution >= 0.6 is 0 Å². The summed E-state index contributed by atoms with van der Waals surface area (Å²) in [7, 11) is 0. The third-order valence-corrected chi connectivity index (χ3v) is 3.69. The Morgan fingerprint density at radius 1 is 1.30 bits per heavy atom. The second-order valence-corrected chi connectivity index (χ2v) is 4.99. The molecule has 0 aromatic heterocycles. The molecular weight excluding hydrogens is 264 g/mol. The number of benzene rings is 1. The molecule has 0 aliphatic carbocycles. The van der Waals surface area contributed by atoms with Gasteiger partial charge < -0.3 is 15.3 Å². The molecule has 0 saturated carbocycles. The van der Waals surface area contributed by atoms with Crippen LogP contribution in [-0.2, 0) is 6.54 Å². The number of nitrogens with zero attached hydrogens (tertiary/aromatic N) is 2. The molecular formula is C13H18N2O5. The van der Waals surface area contributed by atoms with E-state index in [1.54, 1.807) is 12.1 Å². The Kier molecular flexibility index (Phi) is 4.66. The molecule has 1 aromatic rings. The lowest BCUT2D eigenvalue weighted by atomic mass is 9.96. The first-order valence-electron chi connectivity index (χ1n) is 6.47. The summed E-state index contributed by atoms with van der Waals surface area (Å²) in [6.45, 7) is 0.776. The zero-order valence-electron chi connectivity index (χ0n) is 10.9. The van der Waals surface area contributed by atoms with Gasteiger partial charge in [0.2, 0.25) is 0 Å². The average Bonchev–Trinajstić information content (AvgIpc) is 2.44. The molecule has 1 saturated heterocycles. The van der Waals surface area contributed by atoms with Crippen molar-refractivity contribution >= 4 is 5.69 Å². The maximum atomic E-state index is 10.6. The summed E-state index contributed by atoms with van der Waals surface area (Å²) in [5.74, 6) is 0. The molecule has 1 aliphatic heterocycles. The number of hydrogen-bond acceptors (Lipinski definition) is 6. The van der Waals surface area contributed by atoms with Crippen molar-refractivity contribution < 1.29 is 20.2 Å². The molecule has 0 unspecified atom stereocenters. The number of aliphatic hydroxyl groups is 3. The third-order valence-electron chi connectivity index (χ3n) is 3.69. The predicted molar refractivity (Wildman–Crippen MR) is 71.0 cm³/mol. The van der Waals surface area contributed by atoms with Gasteiger partial charge >= 0.3 is 0 Å². The van der Waals surface area contributed by atoms with Crippen molar-refractivity contribution in [1.82, 2.24) is 4.90 Å². The Hall–Kier alpha value is -1.54. The second kappa shape index (κ2) is 6.27. The molecule has 1 aliphatic rings. The van der Waals surface area contributed by atoms with E-state index in [0.29, 0.717) is 19.5 Å². The quantitative estimate of drug-likeness (QED) is 0.525. The van der Waals surface area contributed by atoms with Crippen LogP contribution in [0.2, 0.25) is 0 Å². The summed E-state index contributed by atoms with van der Waals surface area (Å²) in [6, 6.07) is 5.65. The molecule has 0 bridgehead atoms. The van der Waals surface area contributed by atoms with Gasteiger partial charge in [0, 0.05) is 25.2 Å². The lowest BCUT2D eigenvalue weighted by Gasteiger charge is -2.40. The van der Waals surface area contributed by atoms with Crippen molar-refractivity contribution in [2.24, 2.45) is 0 Å². The molecule has 1 aromatic carbocycles. The zero-order valence-corrected chi connectivity index (χ0v) is 10.9. The molecule has 7 nitrogen and oxygen atoms in total. The van der Waals surface area contributed by atoms with E-state index in [2.05, 4.69) is 0 Å². The van der Waals surface area contributed by atoms with Gasteiger partial charge in [0.05, 0.1) is 29.8 Å². The second-order valence-electron chi connectivity index (χ2n) is 4.99. The highest BCUT2D eigenvalue weighted by molar-refractivity contribution is 5.32. The molecule has 1 fully saturated rings. The van der Waals surface area contributed by atoms with Gasteiger partial charge in [0.1, 0.15) is 0 Å². The summed E-state index contributed by atoms with van der Waals surface area (Å²) < 4.78 is 0. The van der Waals surface area contributed by atoms with E-state index in [0.717, 1.165) is 5.56 Å². The van der Waals surface area contributed by atoms with Crippen LogP contribution < -0.4 is 0 Å². The Bertz CT molecular complexity index is 464. The van der Waals surface area contributed by atoms with E-state index in [1.165, 1.54) is 12.1 Å². The lowest BCUT2D eigenvalue weighted by molar-refractivity contribution is -0.384. The van der Waals surface area contributed by atoms with Gasteiger partial charge in [-0.1, -0.05) is 12.1 Å². The molecule has 0 radical (unpaired) electrons. The number of nitro groups is 1. The molecule has 3 atom stereocenters. The van der Waals surface area contributed by atoms with Crippen molar-refractivity contribution in [3.8, 4) is 0 Å². The zero-order chi connectivity index (χ0) is 14.7. The molecule has 20 heavy (non-hydrogen) atoms. The van der Waals surface area contributed by atoms with E-state index < -0.39 is 23.2 Å². The maximum absolute atomic E-state index is 10.6. The van der Waals surface area contributed by atoms with Gasteiger partial charge in [-0.3, -0.25) is 15.0 Å². The molecule has 2 rings (SSSR count). The smallest absolute Gasteiger partial charge is 0.269 e. The van der Waals surface area contributed by atoms with Gasteiger partial charge in [0.25, 0.3) is 5.69 Å². The van der Waals surface area contributed by atoms with Crippen LogP contribution in [0.5, 0.6) is 0 Å². The maximum Gasteiger partial charge on any atom is 0.269 e. The first-order valence-corrected chi connectivity index (χ1v) is 6.47. The molecule has 110 valence electrons. The van der Waals surface area contributed by atoms with Crippen LogP contribution in [0.15, 0.2) is 24.3 Å². The van der Waals surface area contributed by atoms with E-state index in [1.807, 2.05) is 4.90 Å². The Balaban J connectivity index is 2.06. The summed E-state index contributed by atoms with van der Waals surface area (Å²) in [6.07, 6.45) is -1.36. The fraction of sp³-hybridized carbons (Fsp3) is 0.538. The van der Waals surface area contributed by atoms with E-state index >= 15 is 0 Å².